The zero-order chi connectivity index (χ0) is 20.1. The van der Waals surface area contributed by atoms with Gasteiger partial charge in [0.1, 0.15) is 0 Å². The Morgan fingerprint density at radius 3 is 2.66 bits per heavy atom. The lowest BCUT2D eigenvalue weighted by Crippen LogP contribution is -2.53. The van der Waals surface area contributed by atoms with Crippen molar-refractivity contribution in [1.82, 2.24) is 14.9 Å². The van der Waals surface area contributed by atoms with E-state index in [1.807, 2.05) is 21.7 Å². The van der Waals surface area contributed by atoms with E-state index in [4.69, 9.17) is 0 Å². The van der Waals surface area contributed by atoms with Gasteiger partial charge in [-0.25, -0.2) is 9.97 Å². The Kier molecular flexibility index (Phi) is 6.32. The van der Waals surface area contributed by atoms with Crippen LogP contribution in [-0.4, -0.2) is 46.5 Å². The van der Waals surface area contributed by atoms with E-state index in [1.165, 1.54) is 16.9 Å². The van der Waals surface area contributed by atoms with Crippen LogP contribution in [-0.2, 0) is 6.42 Å². The van der Waals surface area contributed by atoms with Crippen LogP contribution in [0.15, 0.2) is 65.6 Å². The van der Waals surface area contributed by atoms with Crippen LogP contribution in [0.25, 0.3) is 0 Å². The topological polar surface area (TPSA) is 49.3 Å². The van der Waals surface area contributed by atoms with Crippen LogP contribution in [0.1, 0.15) is 29.3 Å². The molecule has 6 heteroatoms. The minimum absolute atomic E-state index is 0.00737. The fourth-order valence-corrected chi connectivity index (χ4v) is 4.70. The molecule has 5 nitrogen and oxygen atoms in total. The maximum absolute atomic E-state index is 13.3. The number of piperidine rings is 1. The summed E-state index contributed by atoms with van der Waals surface area (Å²) in [6.07, 6.45) is 5.38. The Morgan fingerprint density at radius 2 is 1.97 bits per heavy atom. The number of hydrogen-bond acceptors (Lipinski definition) is 5. The van der Waals surface area contributed by atoms with Crippen molar-refractivity contribution >= 4 is 23.2 Å². The second-order valence-corrected chi connectivity index (χ2v) is 8.39. The van der Waals surface area contributed by atoms with E-state index in [-0.39, 0.29) is 11.9 Å². The number of carbonyl (C=O) groups is 1. The van der Waals surface area contributed by atoms with E-state index >= 15 is 0 Å². The number of hydrogen-bond donors (Lipinski definition) is 0. The van der Waals surface area contributed by atoms with Crippen molar-refractivity contribution < 1.29 is 4.79 Å². The Morgan fingerprint density at radius 1 is 1.17 bits per heavy atom. The van der Waals surface area contributed by atoms with Crippen LogP contribution in [0, 0.1) is 5.92 Å². The lowest BCUT2D eigenvalue weighted by molar-refractivity contribution is 0.0930. The number of thiophene rings is 1. The molecule has 3 aromatic rings. The lowest BCUT2D eigenvalue weighted by atomic mass is 9.91. The second kappa shape index (κ2) is 9.29. The molecule has 29 heavy (non-hydrogen) atoms. The fraction of sp³-hybridized carbons (Fsp3) is 0.348. The van der Waals surface area contributed by atoms with E-state index in [0.717, 1.165) is 32.5 Å². The minimum atomic E-state index is -0.00737. The first kappa shape index (κ1) is 19.7. The van der Waals surface area contributed by atoms with Crippen molar-refractivity contribution in [3.63, 3.8) is 0 Å². The summed E-state index contributed by atoms with van der Waals surface area (Å²) in [5, 5.41) is 3.84. The third kappa shape index (κ3) is 4.71. The molecule has 1 fully saturated rings. The van der Waals surface area contributed by atoms with Crippen molar-refractivity contribution in [2.45, 2.75) is 25.8 Å². The predicted molar refractivity (Wildman–Crippen MR) is 117 cm³/mol. The van der Waals surface area contributed by atoms with Gasteiger partial charge in [-0.2, -0.15) is 11.3 Å². The highest BCUT2D eigenvalue weighted by atomic mass is 32.1. The molecule has 1 aliphatic heterocycles. The van der Waals surface area contributed by atoms with Gasteiger partial charge in [0.05, 0.1) is 5.56 Å². The van der Waals surface area contributed by atoms with E-state index in [2.05, 4.69) is 52.1 Å². The van der Waals surface area contributed by atoms with Gasteiger partial charge in [0.15, 0.2) is 0 Å². The number of anilines is 1. The molecular weight excluding hydrogens is 380 g/mol. The van der Waals surface area contributed by atoms with Gasteiger partial charge in [-0.05, 0) is 41.8 Å². The number of benzene rings is 1. The first-order valence-corrected chi connectivity index (χ1v) is 11.1. The smallest absolute Gasteiger partial charge is 0.261 e. The van der Waals surface area contributed by atoms with Gasteiger partial charge < -0.3 is 4.90 Å². The Balaban J connectivity index is 1.47. The molecule has 0 spiro atoms. The van der Waals surface area contributed by atoms with Gasteiger partial charge in [-0.1, -0.05) is 37.3 Å². The first-order chi connectivity index (χ1) is 14.2. The average molecular weight is 407 g/mol. The summed E-state index contributed by atoms with van der Waals surface area (Å²) in [7, 11) is 0. The standard InChI is InChI=1S/C23H26N4OS/c1-18-16-26(13-8-19-6-3-2-4-7-19)14-9-21(18)27(23-24-11-5-12-25-23)22(28)20-10-15-29-17-20/h2-7,10-12,15,17-18,21H,8-9,13-14,16H2,1H3. The summed E-state index contributed by atoms with van der Waals surface area (Å²) in [6, 6.07) is 14.4. The van der Waals surface area contributed by atoms with Crippen LogP contribution in [0.5, 0.6) is 0 Å². The van der Waals surface area contributed by atoms with Crippen LogP contribution in [0.4, 0.5) is 5.95 Å². The largest absolute Gasteiger partial charge is 0.303 e. The summed E-state index contributed by atoms with van der Waals surface area (Å²) < 4.78 is 0. The third-order valence-electron chi connectivity index (χ3n) is 5.59. The van der Waals surface area contributed by atoms with Crippen LogP contribution in [0.2, 0.25) is 0 Å². The summed E-state index contributed by atoms with van der Waals surface area (Å²) in [4.78, 5) is 26.4. The monoisotopic (exact) mass is 406 g/mol. The molecule has 1 saturated heterocycles. The van der Waals surface area contributed by atoms with E-state index in [0.29, 0.717) is 17.4 Å². The number of nitrogens with zero attached hydrogens (tertiary/aromatic N) is 4. The SMILES string of the molecule is CC1CN(CCc2ccccc2)CCC1N(C(=O)c1ccsc1)c1ncccn1. The number of amides is 1. The molecule has 2 atom stereocenters. The molecule has 3 heterocycles. The number of rotatable bonds is 6. The molecule has 0 N–H and O–H groups in total. The number of aromatic nitrogens is 2. The number of likely N-dealkylation sites (tertiary alicyclic amines) is 1. The van der Waals surface area contributed by atoms with E-state index < -0.39 is 0 Å². The van der Waals surface area contributed by atoms with Crippen molar-refractivity contribution in [1.29, 1.82) is 0 Å². The van der Waals surface area contributed by atoms with Gasteiger partial charge in [-0.15, -0.1) is 0 Å². The van der Waals surface area contributed by atoms with Gasteiger partial charge in [0, 0.05) is 43.4 Å². The molecule has 0 bridgehead atoms. The summed E-state index contributed by atoms with van der Waals surface area (Å²) in [6.45, 7) is 5.22. The average Bonchev–Trinajstić information content (AvgIpc) is 3.30. The van der Waals surface area contributed by atoms with Crippen LogP contribution in [0.3, 0.4) is 0 Å². The minimum Gasteiger partial charge on any atom is -0.303 e. The third-order valence-corrected chi connectivity index (χ3v) is 6.27. The molecule has 0 aliphatic carbocycles. The van der Waals surface area contributed by atoms with Crippen molar-refractivity contribution in [2.24, 2.45) is 5.92 Å². The van der Waals surface area contributed by atoms with Crippen molar-refractivity contribution in [3.8, 4) is 0 Å². The molecule has 1 aliphatic rings. The van der Waals surface area contributed by atoms with Gasteiger partial charge in [0.25, 0.3) is 5.91 Å². The van der Waals surface area contributed by atoms with Crippen molar-refractivity contribution in [3.05, 3.63) is 76.7 Å². The summed E-state index contributed by atoms with van der Waals surface area (Å²) in [5.74, 6) is 0.830. The molecular formula is C23H26N4OS. The van der Waals surface area contributed by atoms with Crippen LogP contribution < -0.4 is 4.90 Å². The van der Waals surface area contributed by atoms with Gasteiger partial charge >= 0.3 is 0 Å². The predicted octanol–water partition coefficient (Wildman–Crippen LogP) is 4.14. The maximum atomic E-state index is 13.3. The fourth-order valence-electron chi connectivity index (χ4n) is 4.07. The Bertz CT molecular complexity index is 901. The first-order valence-electron chi connectivity index (χ1n) is 10.1. The van der Waals surface area contributed by atoms with E-state index in [9.17, 15) is 4.79 Å². The quantitative estimate of drug-likeness (QED) is 0.617. The highest BCUT2D eigenvalue weighted by Gasteiger charge is 2.35. The van der Waals surface area contributed by atoms with E-state index in [1.54, 1.807) is 18.5 Å². The number of carbonyl (C=O) groups excluding carboxylic acids is 1. The molecule has 1 amide bonds. The Hall–Kier alpha value is -2.57. The molecule has 2 aromatic heterocycles. The highest BCUT2D eigenvalue weighted by Crippen LogP contribution is 2.27. The molecule has 0 saturated carbocycles. The summed E-state index contributed by atoms with van der Waals surface area (Å²) in [5.41, 5.74) is 2.08. The second-order valence-electron chi connectivity index (χ2n) is 7.61. The highest BCUT2D eigenvalue weighted by molar-refractivity contribution is 7.08. The summed E-state index contributed by atoms with van der Waals surface area (Å²) >= 11 is 1.54. The maximum Gasteiger partial charge on any atom is 0.261 e. The zero-order valence-electron chi connectivity index (χ0n) is 16.6. The molecule has 4 rings (SSSR count). The molecule has 1 aromatic carbocycles. The molecule has 2 unspecified atom stereocenters. The molecule has 0 radical (unpaired) electrons. The zero-order valence-corrected chi connectivity index (χ0v) is 17.5. The molecule has 150 valence electrons. The normalized spacial score (nSPS) is 19.8. The van der Waals surface area contributed by atoms with Gasteiger partial charge in [-0.3, -0.25) is 9.69 Å². The van der Waals surface area contributed by atoms with Crippen molar-refractivity contribution in [2.75, 3.05) is 24.5 Å². The van der Waals surface area contributed by atoms with Gasteiger partial charge in [0.2, 0.25) is 5.95 Å². The van der Waals surface area contributed by atoms with Crippen LogP contribution >= 0.6 is 11.3 Å². The Labute approximate surface area is 176 Å². The lowest BCUT2D eigenvalue weighted by Gasteiger charge is -2.41.